The third-order valence-electron chi connectivity index (χ3n) is 4.89. The summed E-state index contributed by atoms with van der Waals surface area (Å²) < 4.78 is 16.6. The monoisotopic (exact) mass is 429 g/mol. The number of nitrogens with zero attached hydrogens (tertiary/aromatic N) is 2. The Kier molecular flexibility index (Phi) is 6.46. The molecule has 1 heterocycles. The number of hydrogen-bond donors (Lipinski definition) is 1. The van der Waals surface area contributed by atoms with Gasteiger partial charge in [-0.3, -0.25) is 4.79 Å². The molecule has 1 N–H and O–H groups in total. The average Bonchev–Trinajstić information content (AvgIpc) is 3.32. The van der Waals surface area contributed by atoms with Gasteiger partial charge in [-0.15, -0.1) is 10.2 Å². The van der Waals surface area contributed by atoms with Crippen LogP contribution in [0.15, 0.2) is 77.2 Å². The lowest BCUT2D eigenvalue weighted by Gasteiger charge is -2.09. The number of aryl methyl sites for hydroxylation is 1. The molecule has 3 aromatic carbocycles. The van der Waals surface area contributed by atoms with E-state index in [2.05, 4.69) is 15.5 Å². The molecule has 0 bridgehead atoms. The Labute approximate surface area is 186 Å². The number of nitrogens with one attached hydrogen (secondary N) is 1. The molecular formula is C25H23N3O4. The largest absolute Gasteiger partial charge is 0.497 e. The molecule has 4 rings (SSSR count). The maximum atomic E-state index is 12.4. The quantitative estimate of drug-likeness (QED) is 0.414. The summed E-state index contributed by atoms with van der Waals surface area (Å²) in [7, 11) is 1.60. The van der Waals surface area contributed by atoms with Crippen LogP contribution in [0.25, 0.3) is 22.9 Å². The first-order valence-electron chi connectivity index (χ1n) is 10.2. The van der Waals surface area contributed by atoms with Gasteiger partial charge in [-0.1, -0.05) is 24.3 Å². The number of benzene rings is 3. The fourth-order valence-corrected chi connectivity index (χ4v) is 3.15. The maximum absolute atomic E-state index is 12.4. The van der Waals surface area contributed by atoms with Gasteiger partial charge >= 0.3 is 0 Å². The fourth-order valence-electron chi connectivity index (χ4n) is 3.15. The molecule has 0 saturated carbocycles. The average molecular weight is 429 g/mol. The van der Waals surface area contributed by atoms with Crippen molar-refractivity contribution < 1.29 is 18.7 Å². The van der Waals surface area contributed by atoms with Crippen molar-refractivity contribution in [2.75, 3.05) is 20.3 Å². The van der Waals surface area contributed by atoms with Crippen molar-refractivity contribution in [3.63, 3.8) is 0 Å². The second-order valence-electron chi connectivity index (χ2n) is 7.09. The molecule has 0 radical (unpaired) electrons. The molecular weight excluding hydrogens is 406 g/mol. The second kappa shape index (κ2) is 9.78. The zero-order valence-corrected chi connectivity index (χ0v) is 17.9. The van der Waals surface area contributed by atoms with Crippen molar-refractivity contribution in [1.29, 1.82) is 0 Å². The van der Waals surface area contributed by atoms with Crippen molar-refractivity contribution in [1.82, 2.24) is 15.5 Å². The van der Waals surface area contributed by atoms with E-state index in [4.69, 9.17) is 13.9 Å². The molecule has 162 valence electrons. The molecule has 1 aromatic heterocycles. The standard InChI is InChI=1S/C25H23N3O4/c1-17-6-3-4-9-22(17)25-28-27-24(32-25)19-12-10-18(11-13-19)23(29)26-14-15-31-21-8-5-7-20(16-21)30-2/h3-13,16H,14-15H2,1-2H3,(H,26,29). The third-order valence-corrected chi connectivity index (χ3v) is 4.89. The highest BCUT2D eigenvalue weighted by Gasteiger charge is 2.13. The highest BCUT2D eigenvalue weighted by molar-refractivity contribution is 5.94. The van der Waals surface area contributed by atoms with Crippen LogP contribution in [0.3, 0.4) is 0 Å². The summed E-state index contributed by atoms with van der Waals surface area (Å²) in [5.41, 5.74) is 3.24. The SMILES string of the molecule is COc1cccc(OCCNC(=O)c2ccc(-c3nnc(-c4ccccc4C)o3)cc2)c1. The van der Waals surface area contributed by atoms with Crippen LogP contribution in [0.2, 0.25) is 0 Å². The zero-order chi connectivity index (χ0) is 22.3. The number of aromatic nitrogens is 2. The number of hydrogen-bond acceptors (Lipinski definition) is 6. The molecule has 0 aliphatic rings. The van der Waals surface area contributed by atoms with E-state index in [0.717, 1.165) is 22.4 Å². The Morgan fingerprint density at radius 3 is 2.47 bits per heavy atom. The van der Waals surface area contributed by atoms with E-state index in [1.54, 1.807) is 37.4 Å². The topological polar surface area (TPSA) is 86.5 Å². The van der Waals surface area contributed by atoms with Crippen molar-refractivity contribution in [3.8, 4) is 34.4 Å². The van der Waals surface area contributed by atoms with Crippen LogP contribution in [0.1, 0.15) is 15.9 Å². The van der Waals surface area contributed by atoms with Crippen LogP contribution in [0, 0.1) is 6.92 Å². The van der Waals surface area contributed by atoms with Gasteiger partial charge in [0.2, 0.25) is 11.8 Å². The predicted molar refractivity (Wildman–Crippen MR) is 121 cm³/mol. The lowest BCUT2D eigenvalue weighted by molar-refractivity contribution is 0.0947. The first-order chi connectivity index (χ1) is 15.6. The van der Waals surface area contributed by atoms with Crippen LogP contribution < -0.4 is 14.8 Å². The van der Waals surface area contributed by atoms with Crippen LogP contribution in [-0.2, 0) is 0 Å². The molecule has 0 saturated heterocycles. The van der Waals surface area contributed by atoms with Crippen LogP contribution in [0.5, 0.6) is 11.5 Å². The second-order valence-corrected chi connectivity index (χ2v) is 7.09. The van der Waals surface area contributed by atoms with Gasteiger partial charge in [-0.25, -0.2) is 0 Å². The smallest absolute Gasteiger partial charge is 0.251 e. The molecule has 32 heavy (non-hydrogen) atoms. The van der Waals surface area contributed by atoms with E-state index in [9.17, 15) is 4.79 Å². The van der Waals surface area contributed by atoms with Crippen LogP contribution >= 0.6 is 0 Å². The normalized spacial score (nSPS) is 10.6. The lowest BCUT2D eigenvalue weighted by Crippen LogP contribution is -2.28. The summed E-state index contributed by atoms with van der Waals surface area (Å²) in [6.45, 7) is 2.72. The highest BCUT2D eigenvalue weighted by Crippen LogP contribution is 2.26. The van der Waals surface area contributed by atoms with Gasteiger partial charge in [0, 0.05) is 22.8 Å². The summed E-state index contributed by atoms with van der Waals surface area (Å²) in [6, 6.07) is 22.2. The molecule has 7 heteroatoms. The number of rotatable bonds is 8. The van der Waals surface area contributed by atoms with Gasteiger partial charge in [-0.05, 0) is 55.0 Å². The van der Waals surface area contributed by atoms with E-state index in [1.807, 2.05) is 49.4 Å². The summed E-state index contributed by atoms with van der Waals surface area (Å²) in [5, 5.41) is 11.1. The molecule has 0 fully saturated rings. The van der Waals surface area contributed by atoms with E-state index in [1.165, 1.54) is 0 Å². The molecule has 0 aliphatic heterocycles. The number of ether oxygens (including phenoxy) is 2. The lowest BCUT2D eigenvalue weighted by atomic mass is 10.1. The van der Waals surface area contributed by atoms with Gasteiger partial charge in [-0.2, -0.15) is 0 Å². The van der Waals surface area contributed by atoms with E-state index in [-0.39, 0.29) is 5.91 Å². The van der Waals surface area contributed by atoms with Gasteiger partial charge in [0.25, 0.3) is 5.91 Å². The Hall–Kier alpha value is -4.13. The van der Waals surface area contributed by atoms with Gasteiger partial charge in [0.1, 0.15) is 18.1 Å². The van der Waals surface area contributed by atoms with E-state index >= 15 is 0 Å². The maximum Gasteiger partial charge on any atom is 0.251 e. The van der Waals surface area contributed by atoms with Gasteiger partial charge in [0.05, 0.1) is 13.7 Å². The summed E-state index contributed by atoms with van der Waals surface area (Å²) in [4.78, 5) is 12.4. The third kappa shape index (κ3) is 4.95. The van der Waals surface area contributed by atoms with Gasteiger partial charge < -0.3 is 19.2 Å². The summed E-state index contributed by atoms with van der Waals surface area (Å²) in [5.74, 6) is 2.10. The fraction of sp³-hybridized carbons (Fsp3) is 0.160. The van der Waals surface area contributed by atoms with Crippen LogP contribution in [-0.4, -0.2) is 36.4 Å². The Balaban J connectivity index is 1.32. The molecule has 4 aromatic rings. The van der Waals surface area contributed by atoms with Gasteiger partial charge in [0.15, 0.2) is 0 Å². The summed E-state index contributed by atoms with van der Waals surface area (Å²) in [6.07, 6.45) is 0. The zero-order valence-electron chi connectivity index (χ0n) is 17.9. The number of methoxy groups -OCH3 is 1. The summed E-state index contributed by atoms with van der Waals surface area (Å²) >= 11 is 0. The number of amides is 1. The molecule has 7 nitrogen and oxygen atoms in total. The Bertz CT molecular complexity index is 1200. The number of carbonyl (C=O) groups excluding carboxylic acids is 1. The van der Waals surface area contributed by atoms with Crippen molar-refractivity contribution in [3.05, 3.63) is 83.9 Å². The molecule has 0 unspecified atom stereocenters. The van der Waals surface area contributed by atoms with Crippen molar-refractivity contribution in [2.45, 2.75) is 6.92 Å². The minimum atomic E-state index is -0.183. The number of carbonyl (C=O) groups is 1. The minimum absolute atomic E-state index is 0.183. The highest BCUT2D eigenvalue weighted by atomic mass is 16.5. The van der Waals surface area contributed by atoms with Crippen LogP contribution in [0.4, 0.5) is 0 Å². The Morgan fingerprint density at radius 2 is 1.69 bits per heavy atom. The molecule has 0 spiro atoms. The van der Waals surface area contributed by atoms with E-state index < -0.39 is 0 Å². The van der Waals surface area contributed by atoms with Crippen molar-refractivity contribution in [2.24, 2.45) is 0 Å². The van der Waals surface area contributed by atoms with Crippen molar-refractivity contribution >= 4 is 5.91 Å². The predicted octanol–water partition coefficient (Wildman–Crippen LogP) is 4.53. The first kappa shape index (κ1) is 21.1. The molecule has 0 atom stereocenters. The molecule has 0 aliphatic carbocycles. The first-order valence-corrected chi connectivity index (χ1v) is 10.2. The molecule has 1 amide bonds. The Morgan fingerprint density at radius 1 is 0.938 bits per heavy atom. The van der Waals surface area contributed by atoms with E-state index in [0.29, 0.717) is 36.2 Å². The minimum Gasteiger partial charge on any atom is -0.497 e.